The number of halogens is 4. The highest BCUT2D eigenvalue weighted by Crippen LogP contribution is 2.41. The van der Waals surface area contributed by atoms with Gasteiger partial charge in [-0.3, -0.25) is 9.48 Å². The summed E-state index contributed by atoms with van der Waals surface area (Å²) in [6.45, 7) is 0. The number of allylic oxidation sites excluding steroid dienone is 2. The smallest absolute Gasteiger partial charge is 0.320 e. The number of nitrogens with one attached hydrogen (secondary N) is 1. The number of aromatic nitrogens is 5. The average Bonchev–Trinajstić information content (AvgIpc) is 3.28. The summed E-state index contributed by atoms with van der Waals surface area (Å²) in [6.07, 6.45) is -1.11. The number of fused-ring (bicyclic) bond motifs is 1. The van der Waals surface area contributed by atoms with Gasteiger partial charge >= 0.3 is 6.18 Å². The van der Waals surface area contributed by atoms with E-state index in [9.17, 15) is 18.0 Å². The van der Waals surface area contributed by atoms with E-state index in [0.717, 1.165) is 6.33 Å². The van der Waals surface area contributed by atoms with Gasteiger partial charge in [-0.15, -0.1) is 0 Å². The van der Waals surface area contributed by atoms with Gasteiger partial charge in [-0.25, -0.2) is 4.68 Å². The first kappa shape index (κ1) is 18.2. The molecule has 1 N–H and O–H groups in total. The SMILES string of the molecule is Cn1cc(C(=O)C2=C(C(F)(F)F)Nc3ncnn3C2c2ccc(Cl)cc2)cn1. The maximum atomic E-state index is 13.9. The van der Waals surface area contributed by atoms with Crippen LogP contribution in [0, 0.1) is 0 Å². The van der Waals surface area contributed by atoms with Gasteiger partial charge in [0.25, 0.3) is 0 Å². The van der Waals surface area contributed by atoms with E-state index in [1.807, 2.05) is 0 Å². The number of carbonyl (C=O) groups is 1. The van der Waals surface area contributed by atoms with Crippen molar-refractivity contribution in [2.45, 2.75) is 12.2 Å². The van der Waals surface area contributed by atoms with Gasteiger partial charge in [-0.1, -0.05) is 23.7 Å². The molecule has 0 saturated heterocycles. The Morgan fingerprint density at radius 2 is 1.93 bits per heavy atom. The van der Waals surface area contributed by atoms with Crippen molar-refractivity contribution < 1.29 is 18.0 Å². The molecule has 3 heterocycles. The number of alkyl halides is 3. The minimum Gasteiger partial charge on any atom is -0.320 e. The summed E-state index contributed by atoms with van der Waals surface area (Å²) < 4.78 is 44.1. The Morgan fingerprint density at radius 1 is 1.21 bits per heavy atom. The number of ketones is 1. The predicted molar refractivity (Wildman–Crippen MR) is 93.9 cm³/mol. The highest BCUT2D eigenvalue weighted by molar-refractivity contribution is 6.30. The van der Waals surface area contributed by atoms with Gasteiger partial charge in [0.2, 0.25) is 5.95 Å². The number of benzene rings is 1. The highest BCUT2D eigenvalue weighted by Gasteiger charge is 2.46. The molecular weight excluding hydrogens is 397 g/mol. The molecule has 2 aromatic heterocycles. The predicted octanol–water partition coefficient (Wildman–Crippen LogP) is 3.38. The first-order chi connectivity index (χ1) is 13.3. The molecule has 7 nitrogen and oxygen atoms in total. The summed E-state index contributed by atoms with van der Waals surface area (Å²) in [5, 5.41) is 10.5. The second-order valence-corrected chi connectivity index (χ2v) is 6.56. The van der Waals surface area contributed by atoms with E-state index < -0.39 is 29.3 Å². The molecule has 0 amide bonds. The normalized spacial score (nSPS) is 16.7. The number of Topliss-reactive ketones (excluding diaryl/α,β-unsaturated/α-hetero) is 1. The molecule has 11 heteroatoms. The van der Waals surface area contributed by atoms with Gasteiger partial charge in [0.05, 0.1) is 17.3 Å². The summed E-state index contributed by atoms with van der Waals surface area (Å²) in [5.41, 5.74) is -1.24. The van der Waals surface area contributed by atoms with Crippen molar-refractivity contribution in [2.24, 2.45) is 7.05 Å². The van der Waals surface area contributed by atoms with Crippen molar-refractivity contribution in [1.29, 1.82) is 0 Å². The summed E-state index contributed by atoms with van der Waals surface area (Å²) in [4.78, 5) is 17.0. The molecule has 28 heavy (non-hydrogen) atoms. The number of anilines is 1. The Balaban J connectivity index is 1.97. The fraction of sp³-hybridized carbons (Fsp3) is 0.176. The van der Waals surface area contributed by atoms with Crippen LogP contribution in [0.5, 0.6) is 0 Å². The van der Waals surface area contributed by atoms with Gasteiger partial charge < -0.3 is 5.32 Å². The largest absolute Gasteiger partial charge is 0.431 e. The molecule has 4 rings (SSSR count). The molecule has 0 fully saturated rings. The standard InChI is InChI=1S/C17H12ClF3N6O/c1-26-7-10(6-23-26)14(28)12-13(9-2-4-11(18)5-3-9)27-16(22-8-24-27)25-15(12)17(19,20)21/h2-8,13H,1H3,(H,22,24,25). The Hall–Kier alpha value is -3.14. The molecule has 0 aliphatic carbocycles. The number of hydrogen-bond donors (Lipinski definition) is 1. The van der Waals surface area contributed by atoms with Crippen molar-refractivity contribution >= 4 is 23.3 Å². The molecule has 0 saturated carbocycles. The summed E-state index contributed by atoms with van der Waals surface area (Å²) in [6, 6.07) is 5.03. The van der Waals surface area contributed by atoms with Crippen molar-refractivity contribution in [2.75, 3.05) is 5.32 Å². The molecule has 0 spiro atoms. The lowest BCUT2D eigenvalue weighted by Gasteiger charge is -2.30. The van der Waals surface area contributed by atoms with Crippen LogP contribution in [0.3, 0.4) is 0 Å². The lowest BCUT2D eigenvalue weighted by Crippen LogP contribution is -2.35. The van der Waals surface area contributed by atoms with Crippen molar-refractivity contribution in [3.8, 4) is 0 Å². The minimum atomic E-state index is -4.81. The van der Waals surface area contributed by atoms with Crippen LogP contribution in [0.1, 0.15) is 22.0 Å². The van der Waals surface area contributed by atoms with E-state index in [4.69, 9.17) is 11.6 Å². The van der Waals surface area contributed by atoms with Crippen LogP contribution in [0.4, 0.5) is 19.1 Å². The molecule has 1 atom stereocenters. The van der Waals surface area contributed by atoms with E-state index in [2.05, 4.69) is 20.5 Å². The van der Waals surface area contributed by atoms with Gasteiger partial charge in [0, 0.05) is 18.3 Å². The number of hydrogen-bond acceptors (Lipinski definition) is 5. The molecular formula is C17H12ClF3N6O. The zero-order chi connectivity index (χ0) is 20.1. The molecule has 144 valence electrons. The maximum Gasteiger partial charge on any atom is 0.431 e. The second-order valence-electron chi connectivity index (χ2n) is 6.13. The first-order valence-electron chi connectivity index (χ1n) is 8.02. The molecule has 3 aromatic rings. The quantitative estimate of drug-likeness (QED) is 0.672. The van der Waals surface area contributed by atoms with Gasteiger partial charge in [0.1, 0.15) is 18.1 Å². The first-order valence-corrected chi connectivity index (χ1v) is 8.40. The van der Waals surface area contributed by atoms with Gasteiger partial charge in [-0.2, -0.15) is 28.4 Å². The molecule has 1 aromatic carbocycles. The third-order valence-corrected chi connectivity index (χ3v) is 4.53. The van der Waals surface area contributed by atoms with E-state index in [1.54, 1.807) is 19.2 Å². The van der Waals surface area contributed by atoms with Crippen LogP contribution in [-0.2, 0) is 7.05 Å². The van der Waals surface area contributed by atoms with Crippen LogP contribution in [-0.4, -0.2) is 36.5 Å². The lowest BCUT2D eigenvalue weighted by molar-refractivity contribution is -0.0918. The Bertz CT molecular complexity index is 1080. The van der Waals surface area contributed by atoms with Gasteiger partial charge in [-0.05, 0) is 17.7 Å². The Morgan fingerprint density at radius 3 is 2.54 bits per heavy atom. The summed E-state index contributed by atoms with van der Waals surface area (Å²) in [7, 11) is 1.57. The van der Waals surface area contributed by atoms with Crippen LogP contribution < -0.4 is 5.32 Å². The zero-order valence-corrected chi connectivity index (χ0v) is 15.0. The molecule has 0 bridgehead atoms. The fourth-order valence-electron chi connectivity index (χ4n) is 3.07. The van der Waals surface area contributed by atoms with Crippen LogP contribution in [0.15, 0.2) is 54.3 Å². The number of nitrogens with zero attached hydrogens (tertiary/aromatic N) is 5. The van der Waals surface area contributed by atoms with Crippen molar-refractivity contribution in [3.05, 3.63) is 70.4 Å². The van der Waals surface area contributed by atoms with Crippen molar-refractivity contribution in [1.82, 2.24) is 24.5 Å². The Labute approximate surface area is 161 Å². The van der Waals surface area contributed by atoms with E-state index in [-0.39, 0.29) is 11.5 Å². The van der Waals surface area contributed by atoms with Crippen LogP contribution in [0.25, 0.3) is 0 Å². The number of carbonyl (C=O) groups excluding carboxylic acids is 1. The molecule has 1 unspecified atom stereocenters. The second kappa shape index (κ2) is 6.48. The minimum absolute atomic E-state index is 0.0311. The van der Waals surface area contributed by atoms with Crippen LogP contribution >= 0.6 is 11.6 Å². The molecule has 0 radical (unpaired) electrons. The maximum absolute atomic E-state index is 13.9. The number of aryl methyl sites for hydroxylation is 1. The monoisotopic (exact) mass is 408 g/mol. The topological polar surface area (TPSA) is 77.6 Å². The van der Waals surface area contributed by atoms with Gasteiger partial charge in [0.15, 0.2) is 5.78 Å². The summed E-state index contributed by atoms with van der Waals surface area (Å²) in [5.74, 6) is -0.927. The number of rotatable bonds is 3. The summed E-state index contributed by atoms with van der Waals surface area (Å²) >= 11 is 5.91. The lowest BCUT2D eigenvalue weighted by atomic mass is 9.90. The molecule has 1 aliphatic heterocycles. The highest BCUT2D eigenvalue weighted by atomic mass is 35.5. The Kier molecular flexibility index (Phi) is 4.22. The van der Waals surface area contributed by atoms with E-state index in [0.29, 0.717) is 10.6 Å². The van der Waals surface area contributed by atoms with E-state index in [1.165, 1.54) is 33.9 Å². The van der Waals surface area contributed by atoms with Crippen LogP contribution in [0.2, 0.25) is 5.02 Å². The fourth-order valence-corrected chi connectivity index (χ4v) is 3.20. The third kappa shape index (κ3) is 3.05. The molecule has 1 aliphatic rings. The zero-order valence-electron chi connectivity index (χ0n) is 14.3. The van der Waals surface area contributed by atoms with Crippen molar-refractivity contribution in [3.63, 3.8) is 0 Å². The average molecular weight is 409 g/mol. The third-order valence-electron chi connectivity index (χ3n) is 4.28. The van der Waals surface area contributed by atoms with E-state index >= 15 is 0 Å².